The monoisotopic (exact) mass is 288 g/mol. The molecule has 1 aromatic rings. The largest absolute Gasteiger partial charge is 0.497 e. The highest BCUT2D eigenvalue weighted by Gasteiger charge is 2.24. The first-order valence-electron chi connectivity index (χ1n) is 5.09. The number of halogens is 1. The predicted octanol–water partition coefficient (Wildman–Crippen LogP) is 1.99. The molecule has 0 saturated heterocycles. The van der Waals surface area contributed by atoms with Gasteiger partial charge in [0.1, 0.15) is 5.75 Å². The molecule has 0 atom stereocenters. The van der Waals surface area contributed by atoms with Gasteiger partial charge in [-0.15, -0.1) is 0 Å². The summed E-state index contributed by atoms with van der Waals surface area (Å²) >= 11 is 3.45. The number of ether oxygens (including phenoxy) is 1. The molecule has 4 heteroatoms. The number of hydrogen-bond acceptors (Lipinski definition) is 3. The van der Waals surface area contributed by atoms with Gasteiger partial charge in [-0.25, -0.2) is 0 Å². The Morgan fingerprint density at radius 2 is 1.94 bits per heavy atom. The first-order valence-corrected chi connectivity index (χ1v) is 5.88. The van der Waals surface area contributed by atoms with Crippen molar-refractivity contribution in [2.45, 2.75) is 13.3 Å². The summed E-state index contributed by atoms with van der Waals surface area (Å²) in [6, 6.07) is 5.68. The van der Waals surface area contributed by atoms with Crippen LogP contribution in [0.2, 0.25) is 0 Å². The molecule has 0 radical (unpaired) electrons. The third kappa shape index (κ3) is 3.20. The second-order valence-corrected chi connectivity index (χ2v) is 5.12. The van der Waals surface area contributed by atoms with Crippen LogP contribution in [0.5, 0.6) is 5.75 Å². The lowest BCUT2D eigenvalue weighted by molar-refractivity contribution is 0.0702. The number of aliphatic hydroxyl groups excluding tert-OH is 2. The van der Waals surface area contributed by atoms with E-state index in [4.69, 9.17) is 4.74 Å². The van der Waals surface area contributed by atoms with E-state index >= 15 is 0 Å². The fraction of sp³-hybridized carbons (Fsp3) is 0.500. The summed E-state index contributed by atoms with van der Waals surface area (Å²) in [6.07, 6.45) is 0.595. The minimum Gasteiger partial charge on any atom is -0.497 e. The number of hydrogen-bond donors (Lipinski definition) is 2. The Morgan fingerprint density at radius 3 is 2.44 bits per heavy atom. The highest BCUT2D eigenvalue weighted by molar-refractivity contribution is 9.10. The van der Waals surface area contributed by atoms with Gasteiger partial charge in [0.15, 0.2) is 0 Å². The number of rotatable bonds is 5. The van der Waals surface area contributed by atoms with E-state index in [9.17, 15) is 10.2 Å². The van der Waals surface area contributed by atoms with E-state index in [1.165, 1.54) is 0 Å². The van der Waals surface area contributed by atoms with Gasteiger partial charge in [-0.1, -0.05) is 22.9 Å². The molecule has 0 spiro atoms. The Morgan fingerprint density at radius 1 is 1.31 bits per heavy atom. The van der Waals surface area contributed by atoms with E-state index in [0.717, 1.165) is 15.8 Å². The van der Waals surface area contributed by atoms with Gasteiger partial charge in [-0.2, -0.15) is 0 Å². The molecule has 1 rings (SSSR count). The third-order valence-electron chi connectivity index (χ3n) is 2.63. The summed E-state index contributed by atoms with van der Waals surface area (Å²) < 4.78 is 6.11. The van der Waals surface area contributed by atoms with E-state index in [1.807, 2.05) is 25.1 Å². The highest BCUT2D eigenvalue weighted by atomic mass is 79.9. The SMILES string of the molecule is COc1ccc(Br)c(CC(C)(CO)CO)c1. The second-order valence-electron chi connectivity index (χ2n) is 4.26. The molecule has 0 unspecified atom stereocenters. The lowest BCUT2D eigenvalue weighted by atomic mass is 9.85. The van der Waals surface area contributed by atoms with E-state index in [-0.39, 0.29) is 13.2 Å². The van der Waals surface area contributed by atoms with Crippen molar-refractivity contribution in [3.63, 3.8) is 0 Å². The smallest absolute Gasteiger partial charge is 0.119 e. The van der Waals surface area contributed by atoms with E-state index < -0.39 is 5.41 Å². The average molecular weight is 289 g/mol. The zero-order chi connectivity index (χ0) is 12.2. The summed E-state index contributed by atoms with van der Waals surface area (Å²) in [5, 5.41) is 18.5. The molecule has 2 N–H and O–H groups in total. The van der Waals surface area contributed by atoms with Crippen LogP contribution in [0, 0.1) is 5.41 Å². The Balaban J connectivity index is 2.95. The third-order valence-corrected chi connectivity index (χ3v) is 3.41. The molecule has 0 aliphatic carbocycles. The summed E-state index contributed by atoms with van der Waals surface area (Å²) in [6.45, 7) is 1.75. The van der Waals surface area contributed by atoms with Crippen LogP contribution >= 0.6 is 15.9 Å². The topological polar surface area (TPSA) is 49.7 Å². The zero-order valence-electron chi connectivity index (χ0n) is 9.53. The fourth-order valence-corrected chi connectivity index (χ4v) is 1.82. The second kappa shape index (κ2) is 5.66. The molecule has 0 amide bonds. The van der Waals surface area contributed by atoms with Gasteiger partial charge in [0.2, 0.25) is 0 Å². The first-order chi connectivity index (χ1) is 7.54. The highest BCUT2D eigenvalue weighted by Crippen LogP contribution is 2.29. The van der Waals surface area contributed by atoms with Gasteiger partial charge in [0.05, 0.1) is 20.3 Å². The van der Waals surface area contributed by atoms with Crippen LogP contribution in [-0.2, 0) is 6.42 Å². The van der Waals surface area contributed by atoms with Crippen LogP contribution in [-0.4, -0.2) is 30.5 Å². The molecule has 0 saturated carbocycles. The van der Waals surface area contributed by atoms with Crippen molar-refractivity contribution in [3.05, 3.63) is 28.2 Å². The fourth-order valence-electron chi connectivity index (χ4n) is 1.44. The summed E-state index contributed by atoms with van der Waals surface area (Å²) in [5.41, 5.74) is 0.513. The minimum atomic E-state index is -0.505. The molecule has 90 valence electrons. The molecular formula is C12H17BrO3. The van der Waals surface area contributed by atoms with Crippen molar-refractivity contribution >= 4 is 15.9 Å². The van der Waals surface area contributed by atoms with Gasteiger partial charge in [-0.05, 0) is 30.2 Å². The normalized spacial score (nSPS) is 11.6. The number of aliphatic hydroxyl groups is 2. The summed E-state index contributed by atoms with van der Waals surface area (Å²) in [5.74, 6) is 0.774. The number of benzene rings is 1. The van der Waals surface area contributed by atoms with Crippen LogP contribution < -0.4 is 4.74 Å². The molecule has 0 bridgehead atoms. The van der Waals surface area contributed by atoms with Crippen LogP contribution in [0.15, 0.2) is 22.7 Å². The Labute approximate surface area is 104 Å². The molecule has 0 fully saturated rings. The van der Waals surface area contributed by atoms with Gasteiger partial charge in [-0.3, -0.25) is 0 Å². The van der Waals surface area contributed by atoms with Gasteiger partial charge in [0.25, 0.3) is 0 Å². The zero-order valence-corrected chi connectivity index (χ0v) is 11.1. The summed E-state index contributed by atoms with van der Waals surface area (Å²) in [7, 11) is 1.62. The quantitative estimate of drug-likeness (QED) is 0.871. The maximum absolute atomic E-state index is 9.26. The maximum atomic E-state index is 9.26. The van der Waals surface area contributed by atoms with Crippen molar-refractivity contribution in [1.82, 2.24) is 0 Å². The predicted molar refractivity (Wildman–Crippen MR) is 66.7 cm³/mol. The van der Waals surface area contributed by atoms with Crippen molar-refractivity contribution in [2.24, 2.45) is 5.41 Å². The lowest BCUT2D eigenvalue weighted by Gasteiger charge is -2.25. The first kappa shape index (κ1) is 13.5. The number of methoxy groups -OCH3 is 1. The average Bonchev–Trinajstić information content (AvgIpc) is 2.32. The summed E-state index contributed by atoms with van der Waals surface area (Å²) in [4.78, 5) is 0. The van der Waals surface area contributed by atoms with Crippen molar-refractivity contribution in [2.75, 3.05) is 20.3 Å². The lowest BCUT2D eigenvalue weighted by Crippen LogP contribution is -2.28. The van der Waals surface area contributed by atoms with Crippen LogP contribution in [0.1, 0.15) is 12.5 Å². The van der Waals surface area contributed by atoms with E-state index in [0.29, 0.717) is 6.42 Å². The van der Waals surface area contributed by atoms with Gasteiger partial charge < -0.3 is 14.9 Å². The Kier molecular flexibility index (Phi) is 4.77. The van der Waals surface area contributed by atoms with Gasteiger partial charge in [0, 0.05) is 9.89 Å². The van der Waals surface area contributed by atoms with Crippen molar-refractivity contribution in [1.29, 1.82) is 0 Å². The van der Waals surface area contributed by atoms with Crippen LogP contribution in [0.4, 0.5) is 0 Å². The molecule has 0 heterocycles. The van der Waals surface area contributed by atoms with E-state index in [1.54, 1.807) is 7.11 Å². The Bertz CT molecular complexity index is 348. The molecule has 16 heavy (non-hydrogen) atoms. The standard InChI is InChI=1S/C12H17BrO3/c1-12(7-14,8-15)6-9-5-10(16-2)3-4-11(9)13/h3-5,14-15H,6-8H2,1-2H3. The molecule has 0 aromatic heterocycles. The van der Waals surface area contributed by atoms with Crippen LogP contribution in [0.3, 0.4) is 0 Å². The minimum absolute atomic E-state index is 0.0485. The Hall–Kier alpha value is -0.580. The van der Waals surface area contributed by atoms with Gasteiger partial charge >= 0.3 is 0 Å². The van der Waals surface area contributed by atoms with Crippen LogP contribution in [0.25, 0.3) is 0 Å². The van der Waals surface area contributed by atoms with Crippen molar-refractivity contribution in [3.8, 4) is 5.75 Å². The molecule has 3 nitrogen and oxygen atoms in total. The molecule has 0 aliphatic heterocycles. The molecular weight excluding hydrogens is 272 g/mol. The van der Waals surface area contributed by atoms with Crippen molar-refractivity contribution < 1.29 is 14.9 Å². The molecule has 0 aliphatic rings. The molecule has 1 aromatic carbocycles. The van der Waals surface area contributed by atoms with E-state index in [2.05, 4.69) is 15.9 Å². The maximum Gasteiger partial charge on any atom is 0.119 e.